The minimum absolute atomic E-state index is 0.0462. The van der Waals surface area contributed by atoms with Crippen LogP contribution in [0.4, 0.5) is 11.4 Å². The molecule has 0 saturated heterocycles. The second-order valence-electron chi connectivity index (χ2n) is 6.18. The maximum atomic E-state index is 12.4. The zero-order chi connectivity index (χ0) is 16.4. The molecule has 0 aromatic heterocycles. The number of nitrogens with one attached hydrogen (secondary N) is 2. The van der Waals surface area contributed by atoms with Gasteiger partial charge < -0.3 is 10.6 Å². The SMILES string of the molecule is Cc1ccc(NC(=O)C(C)Nc2ccc3c(c2)CCC3)c(Br)c1. The molecule has 2 aromatic rings. The fourth-order valence-electron chi connectivity index (χ4n) is 2.94. The first-order valence-corrected chi connectivity index (χ1v) is 8.77. The van der Waals surface area contributed by atoms with Crippen LogP contribution in [0.2, 0.25) is 0 Å². The van der Waals surface area contributed by atoms with Crippen LogP contribution < -0.4 is 10.6 Å². The standard InChI is InChI=1S/C19H21BrN2O/c1-12-6-9-18(17(20)10-12)22-19(23)13(2)21-16-8-7-14-4-3-5-15(14)11-16/h6-11,13,21H,3-5H2,1-2H3,(H,22,23). The smallest absolute Gasteiger partial charge is 0.246 e. The van der Waals surface area contributed by atoms with E-state index in [-0.39, 0.29) is 11.9 Å². The highest BCUT2D eigenvalue weighted by molar-refractivity contribution is 9.10. The van der Waals surface area contributed by atoms with Crippen molar-refractivity contribution in [2.75, 3.05) is 10.6 Å². The maximum Gasteiger partial charge on any atom is 0.246 e. The minimum Gasteiger partial charge on any atom is -0.374 e. The van der Waals surface area contributed by atoms with E-state index in [1.54, 1.807) is 0 Å². The Morgan fingerprint density at radius 3 is 2.70 bits per heavy atom. The van der Waals surface area contributed by atoms with E-state index in [1.165, 1.54) is 24.0 Å². The summed E-state index contributed by atoms with van der Waals surface area (Å²) in [6, 6.07) is 12.0. The summed E-state index contributed by atoms with van der Waals surface area (Å²) >= 11 is 3.49. The van der Waals surface area contributed by atoms with Gasteiger partial charge in [-0.15, -0.1) is 0 Å². The van der Waals surface area contributed by atoms with E-state index in [1.807, 2.05) is 32.0 Å². The van der Waals surface area contributed by atoms with Gasteiger partial charge in [0.2, 0.25) is 5.91 Å². The molecule has 0 spiro atoms. The monoisotopic (exact) mass is 372 g/mol. The van der Waals surface area contributed by atoms with Gasteiger partial charge in [0.05, 0.1) is 5.69 Å². The molecule has 0 heterocycles. The van der Waals surface area contributed by atoms with Crippen molar-refractivity contribution in [1.29, 1.82) is 0 Å². The molecule has 0 bridgehead atoms. The van der Waals surface area contributed by atoms with Gasteiger partial charge >= 0.3 is 0 Å². The molecular formula is C19H21BrN2O. The molecular weight excluding hydrogens is 352 g/mol. The fraction of sp³-hybridized carbons (Fsp3) is 0.316. The molecule has 4 heteroatoms. The van der Waals surface area contributed by atoms with Crippen LogP contribution in [0.5, 0.6) is 0 Å². The number of aryl methyl sites for hydroxylation is 3. The van der Waals surface area contributed by atoms with Gasteiger partial charge in [0, 0.05) is 10.2 Å². The van der Waals surface area contributed by atoms with Gasteiger partial charge in [-0.1, -0.05) is 12.1 Å². The highest BCUT2D eigenvalue weighted by atomic mass is 79.9. The van der Waals surface area contributed by atoms with Gasteiger partial charge in [-0.25, -0.2) is 0 Å². The van der Waals surface area contributed by atoms with Gasteiger partial charge in [0.1, 0.15) is 6.04 Å². The first-order valence-electron chi connectivity index (χ1n) is 7.98. The summed E-state index contributed by atoms with van der Waals surface area (Å²) in [7, 11) is 0. The number of carbonyl (C=O) groups excluding carboxylic acids is 1. The van der Waals surface area contributed by atoms with Crippen molar-refractivity contribution in [3.63, 3.8) is 0 Å². The third-order valence-corrected chi connectivity index (χ3v) is 4.91. The van der Waals surface area contributed by atoms with Crippen molar-refractivity contribution in [2.45, 2.75) is 39.2 Å². The third kappa shape index (κ3) is 3.75. The Hall–Kier alpha value is -1.81. The van der Waals surface area contributed by atoms with Crippen LogP contribution in [0.3, 0.4) is 0 Å². The molecule has 1 unspecified atom stereocenters. The first kappa shape index (κ1) is 16.1. The van der Waals surface area contributed by atoms with E-state index in [4.69, 9.17) is 0 Å². The molecule has 2 N–H and O–H groups in total. The summed E-state index contributed by atoms with van der Waals surface area (Å²) in [5.74, 6) is -0.0462. The normalized spacial score (nSPS) is 14.2. The lowest BCUT2D eigenvalue weighted by Crippen LogP contribution is -2.32. The topological polar surface area (TPSA) is 41.1 Å². The number of halogens is 1. The molecule has 3 nitrogen and oxygen atoms in total. The Kier molecular flexibility index (Phi) is 4.71. The zero-order valence-corrected chi connectivity index (χ0v) is 15.0. The summed E-state index contributed by atoms with van der Waals surface area (Å²) in [6.45, 7) is 3.90. The summed E-state index contributed by atoms with van der Waals surface area (Å²) in [5, 5.41) is 6.26. The number of carbonyl (C=O) groups is 1. The van der Waals surface area contributed by atoms with Crippen LogP contribution in [0.25, 0.3) is 0 Å². The molecule has 3 rings (SSSR count). The van der Waals surface area contributed by atoms with E-state index in [9.17, 15) is 4.79 Å². The molecule has 23 heavy (non-hydrogen) atoms. The number of benzene rings is 2. The molecule has 1 amide bonds. The number of hydrogen-bond donors (Lipinski definition) is 2. The lowest BCUT2D eigenvalue weighted by molar-refractivity contribution is -0.116. The predicted octanol–water partition coefficient (Wildman–Crippen LogP) is 4.69. The Bertz CT molecular complexity index is 742. The van der Waals surface area contributed by atoms with Crippen molar-refractivity contribution < 1.29 is 4.79 Å². The molecule has 0 aliphatic heterocycles. The van der Waals surface area contributed by atoms with Crippen LogP contribution in [0.1, 0.15) is 30.0 Å². The number of fused-ring (bicyclic) bond motifs is 1. The second kappa shape index (κ2) is 6.75. The van der Waals surface area contributed by atoms with Gasteiger partial charge in [-0.3, -0.25) is 4.79 Å². The summed E-state index contributed by atoms with van der Waals surface area (Å²) in [4.78, 5) is 12.4. The fourth-order valence-corrected chi connectivity index (χ4v) is 3.53. The number of rotatable bonds is 4. The van der Waals surface area contributed by atoms with Crippen LogP contribution in [0.15, 0.2) is 40.9 Å². The maximum absolute atomic E-state index is 12.4. The van der Waals surface area contributed by atoms with Crippen molar-refractivity contribution >= 4 is 33.2 Å². The van der Waals surface area contributed by atoms with Crippen molar-refractivity contribution in [3.05, 3.63) is 57.6 Å². The van der Waals surface area contributed by atoms with E-state index in [2.05, 4.69) is 44.8 Å². The number of amides is 1. The van der Waals surface area contributed by atoms with E-state index < -0.39 is 0 Å². The lowest BCUT2D eigenvalue weighted by atomic mass is 10.1. The van der Waals surface area contributed by atoms with Crippen LogP contribution in [0, 0.1) is 6.92 Å². The zero-order valence-electron chi connectivity index (χ0n) is 13.4. The largest absolute Gasteiger partial charge is 0.374 e. The van der Waals surface area contributed by atoms with E-state index >= 15 is 0 Å². The van der Waals surface area contributed by atoms with E-state index in [0.29, 0.717) is 0 Å². The highest BCUT2D eigenvalue weighted by Crippen LogP contribution is 2.26. The van der Waals surface area contributed by atoms with Gasteiger partial charge in [-0.05, 0) is 90.0 Å². The highest BCUT2D eigenvalue weighted by Gasteiger charge is 2.16. The molecule has 120 valence electrons. The third-order valence-electron chi connectivity index (χ3n) is 4.26. The van der Waals surface area contributed by atoms with Crippen LogP contribution >= 0.6 is 15.9 Å². The second-order valence-corrected chi connectivity index (χ2v) is 7.03. The Morgan fingerprint density at radius 2 is 1.91 bits per heavy atom. The lowest BCUT2D eigenvalue weighted by Gasteiger charge is -2.17. The van der Waals surface area contributed by atoms with Crippen molar-refractivity contribution in [2.24, 2.45) is 0 Å². The predicted molar refractivity (Wildman–Crippen MR) is 99.1 cm³/mol. The quantitative estimate of drug-likeness (QED) is 0.817. The molecule has 1 atom stereocenters. The summed E-state index contributed by atoms with van der Waals surface area (Å²) in [6.07, 6.45) is 3.55. The molecule has 0 saturated carbocycles. The van der Waals surface area contributed by atoms with Crippen LogP contribution in [-0.2, 0) is 17.6 Å². The average molecular weight is 373 g/mol. The first-order chi connectivity index (χ1) is 11.0. The van der Waals surface area contributed by atoms with Gasteiger partial charge in [0.15, 0.2) is 0 Å². The Balaban J connectivity index is 1.65. The number of anilines is 2. The molecule has 0 radical (unpaired) electrons. The molecule has 1 aliphatic carbocycles. The summed E-state index contributed by atoms with van der Waals surface area (Å²) < 4.78 is 0.899. The molecule has 0 fully saturated rings. The average Bonchev–Trinajstić information content (AvgIpc) is 2.97. The van der Waals surface area contributed by atoms with Gasteiger partial charge in [-0.2, -0.15) is 0 Å². The number of hydrogen-bond acceptors (Lipinski definition) is 2. The molecule has 2 aromatic carbocycles. The van der Waals surface area contributed by atoms with Crippen molar-refractivity contribution in [3.8, 4) is 0 Å². The summed E-state index contributed by atoms with van der Waals surface area (Å²) in [5.41, 5.74) is 5.80. The Morgan fingerprint density at radius 1 is 1.13 bits per heavy atom. The minimum atomic E-state index is -0.303. The Labute approximate surface area is 145 Å². The van der Waals surface area contributed by atoms with Crippen molar-refractivity contribution in [1.82, 2.24) is 0 Å². The van der Waals surface area contributed by atoms with Crippen LogP contribution in [-0.4, -0.2) is 11.9 Å². The van der Waals surface area contributed by atoms with Gasteiger partial charge in [0.25, 0.3) is 0 Å². The van der Waals surface area contributed by atoms with E-state index in [0.717, 1.165) is 27.8 Å². The molecule has 1 aliphatic rings.